The summed E-state index contributed by atoms with van der Waals surface area (Å²) in [6.45, 7) is 2.88. The number of hydrogen-bond acceptors (Lipinski definition) is 4. The van der Waals surface area contributed by atoms with E-state index in [0.717, 1.165) is 0 Å². The van der Waals surface area contributed by atoms with Crippen LogP contribution < -0.4 is 10.2 Å². The molecule has 0 aliphatic carbocycles. The second-order valence-electron chi connectivity index (χ2n) is 6.03. The van der Waals surface area contributed by atoms with Crippen LogP contribution in [0.4, 0.5) is 0 Å². The van der Waals surface area contributed by atoms with Gasteiger partial charge in [0.05, 0.1) is 10.9 Å². The number of benzene rings is 2. The first-order chi connectivity index (χ1) is 11.8. The minimum Gasteiger partial charge on any atom is -0.478 e. The molecule has 1 aromatic heterocycles. The molecule has 0 bridgehead atoms. The lowest BCUT2D eigenvalue weighted by molar-refractivity contribution is -0.152. The molecule has 0 atom stereocenters. The van der Waals surface area contributed by atoms with Crippen molar-refractivity contribution in [3.8, 4) is 16.9 Å². The van der Waals surface area contributed by atoms with Gasteiger partial charge in [-0.05, 0) is 32.0 Å². The van der Waals surface area contributed by atoms with Crippen molar-refractivity contribution in [2.24, 2.45) is 0 Å². The van der Waals surface area contributed by atoms with E-state index in [2.05, 4.69) is 0 Å². The molecular weight excluding hydrogens is 344 g/mol. The molecule has 0 fully saturated rings. The molecule has 0 saturated carbocycles. The fourth-order valence-corrected chi connectivity index (χ4v) is 2.61. The smallest absolute Gasteiger partial charge is 0.347 e. The fourth-order valence-electron chi connectivity index (χ4n) is 2.38. The number of hydrogen-bond donors (Lipinski definition) is 1. The largest absolute Gasteiger partial charge is 0.478 e. The van der Waals surface area contributed by atoms with Crippen LogP contribution >= 0.6 is 11.6 Å². The molecule has 0 unspecified atom stereocenters. The van der Waals surface area contributed by atoms with Crippen LogP contribution in [-0.4, -0.2) is 16.7 Å². The van der Waals surface area contributed by atoms with Crippen molar-refractivity contribution in [2.75, 3.05) is 0 Å². The highest BCUT2D eigenvalue weighted by Gasteiger charge is 2.29. The topological polar surface area (TPSA) is 76.7 Å². The molecule has 0 aliphatic heterocycles. The van der Waals surface area contributed by atoms with Crippen LogP contribution in [0.1, 0.15) is 13.8 Å². The zero-order valence-electron chi connectivity index (χ0n) is 13.6. The van der Waals surface area contributed by atoms with Gasteiger partial charge in [-0.25, -0.2) is 4.79 Å². The van der Waals surface area contributed by atoms with Crippen molar-refractivity contribution >= 4 is 28.5 Å². The molecule has 0 radical (unpaired) electrons. The van der Waals surface area contributed by atoms with Crippen LogP contribution in [0, 0.1) is 0 Å². The zero-order valence-corrected chi connectivity index (χ0v) is 14.3. The Hall–Kier alpha value is -2.79. The number of halogens is 1. The normalized spacial score (nSPS) is 11.5. The number of fused-ring (bicyclic) bond motifs is 1. The summed E-state index contributed by atoms with van der Waals surface area (Å²) in [5.41, 5.74) is -0.367. The maximum atomic E-state index is 12.7. The van der Waals surface area contributed by atoms with Crippen molar-refractivity contribution < 1.29 is 19.1 Å². The molecule has 0 saturated heterocycles. The Bertz CT molecular complexity index is 1020. The van der Waals surface area contributed by atoms with Crippen molar-refractivity contribution in [3.63, 3.8) is 0 Å². The van der Waals surface area contributed by atoms with Gasteiger partial charge >= 0.3 is 5.97 Å². The minimum absolute atomic E-state index is 0.224. The van der Waals surface area contributed by atoms with E-state index in [9.17, 15) is 9.59 Å². The Morgan fingerprint density at radius 3 is 2.56 bits per heavy atom. The molecule has 0 spiro atoms. The highest BCUT2D eigenvalue weighted by molar-refractivity contribution is 6.33. The molecule has 3 rings (SSSR count). The Morgan fingerprint density at radius 1 is 1.16 bits per heavy atom. The lowest BCUT2D eigenvalue weighted by Crippen LogP contribution is -2.37. The van der Waals surface area contributed by atoms with Crippen LogP contribution in [0.25, 0.3) is 22.1 Å². The highest BCUT2D eigenvalue weighted by atomic mass is 35.5. The van der Waals surface area contributed by atoms with Gasteiger partial charge in [0, 0.05) is 16.7 Å². The van der Waals surface area contributed by atoms with Crippen LogP contribution in [0.2, 0.25) is 5.02 Å². The number of carboxylic acids is 1. The molecule has 1 N–H and O–H groups in total. The van der Waals surface area contributed by atoms with Crippen molar-refractivity contribution in [2.45, 2.75) is 19.4 Å². The van der Waals surface area contributed by atoms with E-state index in [-0.39, 0.29) is 5.43 Å². The maximum absolute atomic E-state index is 12.7. The van der Waals surface area contributed by atoms with Gasteiger partial charge in [0.2, 0.25) is 5.43 Å². The van der Waals surface area contributed by atoms with E-state index in [1.165, 1.54) is 26.2 Å². The fraction of sp³-hybridized carbons (Fsp3) is 0.158. The average Bonchev–Trinajstić information content (AvgIpc) is 2.55. The van der Waals surface area contributed by atoms with E-state index in [1.54, 1.807) is 36.4 Å². The predicted octanol–water partition coefficient (Wildman–Crippen LogP) is 4.36. The van der Waals surface area contributed by atoms with Gasteiger partial charge in [0.1, 0.15) is 17.6 Å². The maximum Gasteiger partial charge on any atom is 0.347 e. The first kappa shape index (κ1) is 17.0. The molecule has 3 aromatic rings. The Balaban J connectivity index is 2.07. The second-order valence-corrected chi connectivity index (χ2v) is 6.44. The van der Waals surface area contributed by atoms with E-state index in [0.29, 0.717) is 32.9 Å². The number of aliphatic carboxylic acids is 1. The minimum atomic E-state index is -1.40. The van der Waals surface area contributed by atoms with Crippen LogP contribution in [0.5, 0.6) is 5.75 Å². The molecule has 25 heavy (non-hydrogen) atoms. The molecule has 2 aromatic carbocycles. The third-order valence-corrected chi connectivity index (χ3v) is 4.13. The number of ether oxygens (including phenoxy) is 1. The summed E-state index contributed by atoms with van der Waals surface area (Å²) in [4.78, 5) is 23.9. The third-order valence-electron chi connectivity index (χ3n) is 3.80. The summed E-state index contributed by atoms with van der Waals surface area (Å²) in [5, 5.41) is 9.95. The van der Waals surface area contributed by atoms with Gasteiger partial charge in [0.15, 0.2) is 5.60 Å². The van der Waals surface area contributed by atoms with Gasteiger partial charge in [-0.2, -0.15) is 0 Å². The summed E-state index contributed by atoms with van der Waals surface area (Å²) < 4.78 is 11.0. The highest BCUT2D eigenvalue weighted by Crippen LogP contribution is 2.28. The standard InChI is InChI=1S/C19H15ClO5/c1-19(2,18(22)23)25-11-7-8-13-16(9-11)24-10-14(17(13)21)12-5-3-4-6-15(12)20/h3-10H,1-2H3,(H,22,23). The monoisotopic (exact) mass is 358 g/mol. The predicted molar refractivity (Wildman–Crippen MR) is 95.3 cm³/mol. The first-order valence-electron chi connectivity index (χ1n) is 7.52. The molecule has 5 nitrogen and oxygen atoms in total. The van der Waals surface area contributed by atoms with Gasteiger partial charge < -0.3 is 14.3 Å². The Labute approximate surface area is 148 Å². The lowest BCUT2D eigenvalue weighted by Gasteiger charge is -2.21. The van der Waals surface area contributed by atoms with Gasteiger partial charge in [-0.15, -0.1) is 0 Å². The molecule has 1 heterocycles. The Morgan fingerprint density at radius 2 is 1.88 bits per heavy atom. The number of carboxylic acid groups (broad SMARTS) is 1. The summed E-state index contributed by atoms with van der Waals surface area (Å²) in [7, 11) is 0. The van der Waals surface area contributed by atoms with Crippen molar-refractivity contribution in [1.29, 1.82) is 0 Å². The van der Waals surface area contributed by atoms with Crippen molar-refractivity contribution in [1.82, 2.24) is 0 Å². The van der Waals surface area contributed by atoms with Crippen molar-refractivity contribution in [3.05, 3.63) is 64.0 Å². The zero-order chi connectivity index (χ0) is 18.2. The van der Waals surface area contributed by atoms with E-state index in [4.69, 9.17) is 25.9 Å². The van der Waals surface area contributed by atoms with Gasteiger partial charge in [-0.1, -0.05) is 29.8 Å². The molecule has 0 amide bonds. The summed E-state index contributed by atoms with van der Waals surface area (Å²) in [6.07, 6.45) is 1.35. The third kappa shape index (κ3) is 3.23. The molecular formula is C19H15ClO5. The van der Waals surface area contributed by atoms with Gasteiger partial charge in [0.25, 0.3) is 0 Å². The van der Waals surface area contributed by atoms with Gasteiger partial charge in [-0.3, -0.25) is 4.79 Å². The number of rotatable bonds is 4. The summed E-state index contributed by atoms with van der Waals surface area (Å²) in [6, 6.07) is 11.6. The van der Waals surface area contributed by atoms with E-state index >= 15 is 0 Å². The van der Waals surface area contributed by atoms with E-state index in [1.807, 2.05) is 0 Å². The van der Waals surface area contributed by atoms with E-state index < -0.39 is 11.6 Å². The Kier molecular flexibility index (Phi) is 4.27. The summed E-state index contributed by atoms with van der Waals surface area (Å²) in [5.74, 6) is -0.795. The SMILES string of the molecule is CC(C)(Oc1ccc2c(=O)c(-c3ccccc3Cl)coc2c1)C(=O)O. The van der Waals surface area contributed by atoms with Crippen LogP contribution in [-0.2, 0) is 4.79 Å². The first-order valence-corrected chi connectivity index (χ1v) is 7.90. The summed E-state index contributed by atoms with van der Waals surface area (Å²) >= 11 is 6.15. The second kappa shape index (κ2) is 6.26. The quantitative estimate of drug-likeness (QED) is 0.750. The average molecular weight is 359 g/mol. The lowest BCUT2D eigenvalue weighted by atomic mass is 10.1. The molecule has 128 valence electrons. The number of carbonyl (C=O) groups is 1. The van der Waals surface area contributed by atoms with Crippen LogP contribution in [0.15, 0.2) is 57.9 Å². The molecule has 0 aliphatic rings. The van der Waals surface area contributed by atoms with Crippen LogP contribution in [0.3, 0.4) is 0 Å². The molecule has 6 heteroatoms.